The highest BCUT2D eigenvalue weighted by Gasteiger charge is 2.15. The van der Waals surface area contributed by atoms with Crippen LogP contribution >= 0.6 is 0 Å². The highest BCUT2D eigenvalue weighted by molar-refractivity contribution is 6.01. The number of fused-ring (bicyclic) bond motifs is 1. The number of hydrogen-bond donors (Lipinski definition) is 1. The SMILES string of the molecule is CCCCn1c(CC)nc2c(C(=O)O)cccc21. The van der Waals surface area contributed by atoms with E-state index in [1.54, 1.807) is 12.1 Å². The molecule has 1 heterocycles. The second kappa shape index (κ2) is 5.21. The Morgan fingerprint density at radius 1 is 1.39 bits per heavy atom. The van der Waals surface area contributed by atoms with Gasteiger partial charge in [-0.15, -0.1) is 0 Å². The summed E-state index contributed by atoms with van der Waals surface area (Å²) in [6, 6.07) is 5.35. The third kappa shape index (κ3) is 2.10. The van der Waals surface area contributed by atoms with Crippen LogP contribution in [-0.2, 0) is 13.0 Å². The summed E-state index contributed by atoms with van der Waals surface area (Å²) >= 11 is 0. The van der Waals surface area contributed by atoms with Crippen LogP contribution in [0.25, 0.3) is 11.0 Å². The number of unbranched alkanes of at least 4 members (excludes halogenated alkanes) is 1. The fraction of sp³-hybridized carbons (Fsp3) is 0.429. The molecule has 0 unspecified atom stereocenters. The van der Waals surface area contributed by atoms with Crippen molar-refractivity contribution in [3.8, 4) is 0 Å². The molecule has 0 spiro atoms. The summed E-state index contributed by atoms with van der Waals surface area (Å²) in [6.07, 6.45) is 3.01. The molecular weight excluding hydrogens is 228 g/mol. The molecule has 0 atom stereocenters. The van der Waals surface area contributed by atoms with Gasteiger partial charge in [0.05, 0.1) is 11.1 Å². The molecule has 0 bridgehead atoms. The second-order valence-electron chi connectivity index (χ2n) is 4.37. The molecule has 0 aliphatic heterocycles. The van der Waals surface area contributed by atoms with E-state index >= 15 is 0 Å². The number of benzene rings is 1. The average molecular weight is 246 g/mol. The highest BCUT2D eigenvalue weighted by atomic mass is 16.4. The van der Waals surface area contributed by atoms with Crippen molar-refractivity contribution in [1.82, 2.24) is 9.55 Å². The number of rotatable bonds is 5. The van der Waals surface area contributed by atoms with Gasteiger partial charge in [-0.05, 0) is 18.6 Å². The number of para-hydroxylation sites is 1. The molecule has 1 aromatic heterocycles. The molecule has 0 amide bonds. The zero-order valence-corrected chi connectivity index (χ0v) is 10.8. The van der Waals surface area contributed by atoms with Crippen LogP contribution in [0.5, 0.6) is 0 Å². The van der Waals surface area contributed by atoms with Gasteiger partial charge in [0.25, 0.3) is 0 Å². The van der Waals surface area contributed by atoms with E-state index in [1.807, 2.05) is 13.0 Å². The van der Waals surface area contributed by atoms with Crippen molar-refractivity contribution in [2.75, 3.05) is 0 Å². The summed E-state index contributed by atoms with van der Waals surface area (Å²) in [5.41, 5.74) is 1.83. The van der Waals surface area contributed by atoms with Crippen molar-refractivity contribution in [2.24, 2.45) is 0 Å². The minimum absolute atomic E-state index is 0.289. The molecule has 0 saturated heterocycles. The van der Waals surface area contributed by atoms with Gasteiger partial charge in [0, 0.05) is 13.0 Å². The van der Waals surface area contributed by atoms with Crippen molar-refractivity contribution in [3.05, 3.63) is 29.6 Å². The molecule has 4 nitrogen and oxygen atoms in total. The third-order valence-electron chi connectivity index (χ3n) is 3.14. The van der Waals surface area contributed by atoms with Crippen LogP contribution in [0.3, 0.4) is 0 Å². The van der Waals surface area contributed by atoms with E-state index in [0.29, 0.717) is 5.52 Å². The maximum absolute atomic E-state index is 11.2. The molecule has 2 aromatic rings. The maximum atomic E-state index is 11.2. The maximum Gasteiger partial charge on any atom is 0.337 e. The summed E-state index contributed by atoms with van der Waals surface area (Å²) in [5.74, 6) is 0.0514. The van der Waals surface area contributed by atoms with Gasteiger partial charge in [0.2, 0.25) is 0 Å². The van der Waals surface area contributed by atoms with E-state index in [2.05, 4.69) is 16.5 Å². The molecule has 1 N–H and O–H groups in total. The third-order valence-corrected chi connectivity index (χ3v) is 3.14. The van der Waals surface area contributed by atoms with Crippen LogP contribution in [0.2, 0.25) is 0 Å². The van der Waals surface area contributed by atoms with E-state index in [-0.39, 0.29) is 5.56 Å². The Kier molecular flexibility index (Phi) is 3.65. The number of imidazole rings is 1. The Morgan fingerprint density at radius 2 is 2.17 bits per heavy atom. The van der Waals surface area contributed by atoms with E-state index < -0.39 is 5.97 Å². The average Bonchev–Trinajstić information content (AvgIpc) is 2.73. The molecule has 4 heteroatoms. The highest BCUT2D eigenvalue weighted by Crippen LogP contribution is 2.21. The van der Waals surface area contributed by atoms with Gasteiger partial charge in [-0.3, -0.25) is 0 Å². The largest absolute Gasteiger partial charge is 0.478 e. The topological polar surface area (TPSA) is 55.1 Å². The first kappa shape index (κ1) is 12.6. The summed E-state index contributed by atoms with van der Waals surface area (Å²) in [7, 11) is 0. The van der Waals surface area contributed by atoms with E-state index in [4.69, 9.17) is 0 Å². The normalized spacial score (nSPS) is 11.0. The molecule has 1 aromatic carbocycles. The molecule has 0 aliphatic carbocycles. The van der Waals surface area contributed by atoms with Crippen LogP contribution in [-0.4, -0.2) is 20.6 Å². The smallest absolute Gasteiger partial charge is 0.337 e. The second-order valence-corrected chi connectivity index (χ2v) is 4.37. The number of carboxylic acids is 1. The fourth-order valence-corrected chi connectivity index (χ4v) is 2.20. The standard InChI is InChI=1S/C14H18N2O2/c1-3-5-9-16-11-8-6-7-10(14(17)18)13(11)15-12(16)4-2/h6-8H,3-5,9H2,1-2H3,(H,17,18). The van der Waals surface area contributed by atoms with Gasteiger partial charge in [-0.2, -0.15) is 0 Å². The Labute approximate surface area is 106 Å². The van der Waals surface area contributed by atoms with Gasteiger partial charge in [0.1, 0.15) is 11.3 Å². The van der Waals surface area contributed by atoms with Crippen molar-refractivity contribution < 1.29 is 9.90 Å². The number of nitrogens with zero attached hydrogens (tertiary/aromatic N) is 2. The van der Waals surface area contributed by atoms with Crippen molar-refractivity contribution >= 4 is 17.0 Å². The first-order valence-electron chi connectivity index (χ1n) is 6.40. The molecular formula is C14H18N2O2. The van der Waals surface area contributed by atoms with Gasteiger partial charge in [-0.1, -0.05) is 26.3 Å². The zero-order chi connectivity index (χ0) is 13.1. The lowest BCUT2D eigenvalue weighted by atomic mass is 10.2. The Bertz CT molecular complexity index is 572. The quantitative estimate of drug-likeness (QED) is 0.882. The zero-order valence-electron chi connectivity index (χ0n) is 10.8. The summed E-state index contributed by atoms with van der Waals surface area (Å²) < 4.78 is 2.14. The fourth-order valence-electron chi connectivity index (χ4n) is 2.20. The number of aromatic carboxylic acids is 1. The first-order valence-corrected chi connectivity index (χ1v) is 6.40. The number of hydrogen-bond acceptors (Lipinski definition) is 2. The van der Waals surface area contributed by atoms with E-state index in [9.17, 15) is 9.90 Å². The molecule has 96 valence electrons. The molecule has 0 fully saturated rings. The minimum Gasteiger partial charge on any atom is -0.478 e. The Balaban J connectivity index is 2.61. The van der Waals surface area contributed by atoms with Gasteiger partial charge >= 0.3 is 5.97 Å². The summed E-state index contributed by atoms with van der Waals surface area (Å²) in [5, 5.41) is 9.18. The Morgan fingerprint density at radius 3 is 2.78 bits per heavy atom. The van der Waals surface area contributed by atoms with Crippen LogP contribution in [0.15, 0.2) is 18.2 Å². The van der Waals surface area contributed by atoms with Gasteiger partial charge < -0.3 is 9.67 Å². The van der Waals surface area contributed by atoms with Crippen LogP contribution in [0.1, 0.15) is 42.9 Å². The molecule has 2 rings (SSSR count). The van der Waals surface area contributed by atoms with Crippen LogP contribution in [0, 0.1) is 0 Å². The van der Waals surface area contributed by atoms with Crippen molar-refractivity contribution in [1.29, 1.82) is 0 Å². The molecule has 0 radical (unpaired) electrons. The lowest BCUT2D eigenvalue weighted by Crippen LogP contribution is -2.02. The summed E-state index contributed by atoms with van der Waals surface area (Å²) in [4.78, 5) is 15.7. The predicted molar refractivity (Wildman–Crippen MR) is 71.0 cm³/mol. The lowest BCUT2D eigenvalue weighted by Gasteiger charge is -2.06. The Hall–Kier alpha value is -1.84. The monoisotopic (exact) mass is 246 g/mol. The number of carboxylic acid groups (broad SMARTS) is 1. The number of carbonyl (C=O) groups is 1. The summed E-state index contributed by atoms with van der Waals surface area (Å²) in [6.45, 7) is 5.09. The first-order chi connectivity index (χ1) is 8.69. The van der Waals surface area contributed by atoms with Gasteiger partial charge in [-0.25, -0.2) is 9.78 Å². The molecule has 0 aliphatic rings. The number of aromatic nitrogens is 2. The van der Waals surface area contributed by atoms with Gasteiger partial charge in [0.15, 0.2) is 0 Å². The minimum atomic E-state index is -0.914. The molecule has 18 heavy (non-hydrogen) atoms. The van der Waals surface area contributed by atoms with E-state index in [1.165, 1.54) is 0 Å². The molecule has 0 saturated carbocycles. The van der Waals surface area contributed by atoms with Crippen molar-refractivity contribution in [3.63, 3.8) is 0 Å². The van der Waals surface area contributed by atoms with E-state index in [0.717, 1.165) is 37.1 Å². The van der Waals surface area contributed by atoms with Crippen LogP contribution < -0.4 is 0 Å². The van der Waals surface area contributed by atoms with Crippen LogP contribution in [0.4, 0.5) is 0 Å². The predicted octanol–water partition coefficient (Wildman–Crippen LogP) is 3.10. The number of aryl methyl sites for hydroxylation is 2. The lowest BCUT2D eigenvalue weighted by molar-refractivity contribution is 0.0699. The van der Waals surface area contributed by atoms with Crippen molar-refractivity contribution in [2.45, 2.75) is 39.7 Å².